The summed E-state index contributed by atoms with van der Waals surface area (Å²) in [4.78, 5) is 20.9. The van der Waals surface area contributed by atoms with Crippen LogP contribution in [-0.4, -0.2) is 60.5 Å². The Kier molecular flexibility index (Phi) is 5.06. The van der Waals surface area contributed by atoms with Crippen LogP contribution in [0.2, 0.25) is 5.02 Å². The first kappa shape index (κ1) is 16.0. The number of ether oxygens (including phenoxy) is 1. The highest BCUT2D eigenvalue weighted by Gasteiger charge is 2.35. The van der Waals surface area contributed by atoms with Gasteiger partial charge in [-0.15, -0.1) is 0 Å². The smallest absolute Gasteiger partial charge is 0.274 e. The second-order valence-electron chi connectivity index (χ2n) is 5.63. The van der Waals surface area contributed by atoms with Gasteiger partial charge in [0, 0.05) is 25.2 Å². The summed E-state index contributed by atoms with van der Waals surface area (Å²) in [6, 6.07) is 3.70. The SMILES string of the molecule is CCOc1ccc(Cl)c(C(=O)N2C[C@@H](C)[C@H](N(C)C)C2)n1. The summed E-state index contributed by atoms with van der Waals surface area (Å²) in [5.74, 6) is 0.734. The fourth-order valence-electron chi connectivity index (χ4n) is 2.74. The lowest BCUT2D eigenvalue weighted by Crippen LogP contribution is -2.36. The van der Waals surface area contributed by atoms with Gasteiger partial charge in [0.2, 0.25) is 5.88 Å². The van der Waals surface area contributed by atoms with E-state index in [1.54, 1.807) is 12.1 Å². The highest BCUT2D eigenvalue weighted by molar-refractivity contribution is 6.33. The topological polar surface area (TPSA) is 45.7 Å². The molecule has 2 atom stereocenters. The third-order valence-corrected chi connectivity index (χ3v) is 4.14. The van der Waals surface area contributed by atoms with Crippen LogP contribution in [0, 0.1) is 5.92 Å². The van der Waals surface area contributed by atoms with Crippen molar-refractivity contribution in [1.29, 1.82) is 0 Å². The summed E-state index contributed by atoms with van der Waals surface area (Å²) >= 11 is 6.13. The number of likely N-dealkylation sites (tertiary alicyclic amines) is 1. The molecule has 0 radical (unpaired) electrons. The van der Waals surface area contributed by atoms with E-state index in [9.17, 15) is 4.79 Å². The van der Waals surface area contributed by atoms with Crippen molar-refractivity contribution in [2.24, 2.45) is 5.92 Å². The Labute approximate surface area is 130 Å². The van der Waals surface area contributed by atoms with Gasteiger partial charge in [0.05, 0.1) is 11.6 Å². The molecule has 21 heavy (non-hydrogen) atoms. The maximum absolute atomic E-state index is 12.6. The lowest BCUT2D eigenvalue weighted by Gasteiger charge is -2.22. The normalized spacial score (nSPS) is 21.9. The third kappa shape index (κ3) is 3.47. The number of carbonyl (C=O) groups is 1. The number of halogens is 1. The summed E-state index contributed by atoms with van der Waals surface area (Å²) in [7, 11) is 4.08. The van der Waals surface area contributed by atoms with Crippen molar-refractivity contribution < 1.29 is 9.53 Å². The van der Waals surface area contributed by atoms with Gasteiger partial charge in [0.15, 0.2) is 5.69 Å². The number of aromatic nitrogens is 1. The predicted octanol–water partition coefficient (Wildman–Crippen LogP) is 2.16. The maximum Gasteiger partial charge on any atom is 0.274 e. The first-order chi connectivity index (χ1) is 9.93. The van der Waals surface area contributed by atoms with E-state index in [4.69, 9.17) is 16.3 Å². The number of rotatable bonds is 4. The molecule has 5 nitrogen and oxygen atoms in total. The molecular formula is C15H22ClN3O2. The van der Waals surface area contributed by atoms with E-state index in [0.29, 0.717) is 36.0 Å². The molecule has 1 aliphatic rings. The minimum absolute atomic E-state index is 0.127. The summed E-state index contributed by atoms with van der Waals surface area (Å²) in [5.41, 5.74) is 0.272. The average Bonchev–Trinajstić information content (AvgIpc) is 2.83. The number of pyridine rings is 1. The van der Waals surface area contributed by atoms with Crippen LogP contribution >= 0.6 is 11.6 Å². The molecule has 0 unspecified atom stereocenters. The molecule has 0 saturated carbocycles. The fourth-order valence-corrected chi connectivity index (χ4v) is 2.93. The Morgan fingerprint density at radius 2 is 2.19 bits per heavy atom. The number of carbonyl (C=O) groups excluding carboxylic acids is 1. The molecule has 6 heteroatoms. The zero-order valence-corrected chi connectivity index (χ0v) is 13.7. The van der Waals surface area contributed by atoms with E-state index >= 15 is 0 Å². The van der Waals surface area contributed by atoms with Crippen LogP contribution in [0.15, 0.2) is 12.1 Å². The van der Waals surface area contributed by atoms with Crippen molar-refractivity contribution in [3.8, 4) is 5.88 Å². The van der Waals surface area contributed by atoms with E-state index < -0.39 is 0 Å². The molecule has 2 heterocycles. The molecule has 2 rings (SSSR count). The Hall–Kier alpha value is -1.33. The third-order valence-electron chi connectivity index (χ3n) is 3.84. The van der Waals surface area contributed by atoms with Crippen molar-refractivity contribution in [2.75, 3.05) is 33.8 Å². The summed E-state index contributed by atoms with van der Waals surface area (Å²) in [6.07, 6.45) is 0. The molecule has 116 valence electrons. The first-order valence-corrected chi connectivity index (χ1v) is 7.56. The van der Waals surface area contributed by atoms with E-state index in [-0.39, 0.29) is 11.6 Å². The molecule has 0 spiro atoms. The van der Waals surface area contributed by atoms with Crippen LogP contribution in [0.4, 0.5) is 0 Å². The lowest BCUT2D eigenvalue weighted by molar-refractivity contribution is 0.0774. The number of hydrogen-bond donors (Lipinski definition) is 0. The van der Waals surface area contributed by atoms with Crippen molar-refractivity contribution >= 4 is 17.5 Å². The number of likely N-dealkylation sites (N-methyl/N-ethyl adjacent to an activating group) is 1. The van der Waals surface area contributed by atoms with Crippen LogP contribution in [0.1, 0.15) is 24.3 Å². The largest absolute Gasteiger partial charge is 0.478 e. The highest BCUT2D eigenvalue weighted by Crippen LogP contribution is 2.25. The average molecular weight is 312 g/mol. The Morgan fingerprint density at radius 1 is 1.48 bits per heavy atom. The Balaban J connectivity index is 2.19. The molecule has 0 aromatic carbocycles. The quantitative estimate of drug-likeness (QED) is 0.855. The van der Waals surface area contributed by atoms with E-state index in [1.165, 1.54) is 0 Å². The molecule has 1 aromatic rings. The van der Waals surface area contributed by atoms with Crippen LogP contribution in [-0.2, 0) is 0 Å². The number of hydrogen-bond acceptors (Lipinski definition) is 4. The van der Waals surface area contributed by atoms with Crippen molar-refractivity contribution in [3.05, 3.63) is 22.8 Å². The first-order valence-electron chi connectivity index (χ1n) is 7.19. The van der Waals surface area contributed by atoms with Gasteiger partial charge < -0.3 is 14.5 Å². The van der Waals surface area contributed by atoms with Gasteiger partial charge in [-0.25, -0.2) is 4.98 Å². The molecule has 0 N–H and O–H groups in total. The Bertz CT molecular complexity index is 522. The van der Waals surface area contributed by atoms with Crippen LogP contribution in [0.3, 0.4) is 0 Å². The summed E-state index contributed by atoms with van der Waals surface area (Å²) in [6.45, 7) is 5.96. The monoisotopic (exact) mass is 311 g/mol. The molecule has 1 saturated heterocycles. The molecule has 0 bridgehead atoms. The van der Waals surface area contributed by atoms with Gasteiger partial charge in [-0.1, -0.05) is 18.5 Å². The summed E-state index contributed by atoms with van der Waals surface area (Å²) in [5, 5.41) is 0.365. The molecule has 0 aliphatic carbocycles. The zero-order valence-electron chi connectivity index (χ0n) is 13.0. The van der Waals surface area contributed by atoms with Crippen molar-refractivity contribution in [3.63, 3.8) is 0 Å². The maximum atomic E-state index is 12.6. The second-order valence-corrected chi connectivity index (χ2v) is 6.04. The Morgan fingerprint density at radius 3 is 2.76 bits per heavy atom. The molecule has 1 aliphatic heterocycles. The fraction of sp³-hybridized carbons (Fsp3) is 0.600. The standard InChI is InChI=1S/C15H22ClN3O2/c1-5-21-13-7-6-11(16)14(17-13)15(20)19-8-10(2)12(9-19)18(3)4/h6-7,10,12H,5,8-9H2,1-4H3/t10-,12-/m1/s1. The van der Waals surface area contributed by atoms with Gasteiger partial charge in [-0.2, -0.15) is 0 Å². The summed E-state index contributed by atoms with van der Waals surface area (Å²) < 4.78 is 5.35. The minimum atomic E-state index is -0.127. The highest BCUT2D eigenvalue weighted by atomic mass is 35.5. The lowest BCUT2D eigenvalue weighted by atomic mass is 10.1. The van der Waals surface area contributed by atoms with Gasteiger partial charge in [0.1, 0.15) is 0 Å². The van der Waals surface area contributed by atoms with Gasteiger partial charge in [-0.3, -0.25) is 4.79 Å². The van der Waals surface area contributed by atoms with Crippen LogP contribution in [0.25, 0.3) is 0 Å². The van der Waals surface area contributed by atoms with Crippen molar-refractivity contribution in [1.82, 2.24) is 14.8 Å². The molecule has 1 amide bonds. The van der Waals surface area contributed by atoms with Gasteiger partial charge in [0.25, 0.3) is 5.91 Å². The van der Waals surface area contributed by atoms with E-state index in [2.05, 4.69) is 16.8 Å². The van der Waals surface area contributed by atoms with E-state index in [1.807, 2.05) is 25.9 Å². The van der Waals surface area contributed by atoms with E-state index in [0.717, 1.165) is 6.54 Å². The van der Waals surface area contributed by atoms with Crippen molar-refractivity contribution in [2.45, 2.75) is 19.9 Å². The molecule has 1 fully saturated rings. The van der Waals surface area contributed by atoms with Crippen LogP contribution in [0.5, 0.6) is 5.88 Å². The predicted molar refractivity (Wildman–Crippen MR) is 83.0 cm³/mol. The zero-order chi connectivity index (χ0) is 15.6. The van der Waals surface area contributed by atoms with Gasteiger partial charge >= 0.3 is 0 Å². The second kappa shape index (κ2) is 6.62. The molecular weight excluding hydrogens is 290 g/mol. The minimum Gasteiger partial charge on any atom is -0.478 e. The number of amides is 1. The molecule has 1 aromatic heterocycles. The van der Waals surface area contributed by atoms with Gasteiger partial charge in [-0.05, 0) is 33.0 Å². The van der Waals surface area contributed by atoms with Crippen LogP contribution < -0.4 is 4.74 Å². The number of nitrogens with zero attached hydrogens (tertiary/aromatic N) is 3.